The normalized spacial score (nSPS) is 11.3. The highest BCUT2D eigenvalue weighted by Gasteiger charge is 2.16. The van der Waals surface area contributed by atoms with Gasteiger partial charge >= 0.3 is 0 Å². The van der Waals surface area contributed by atoms with Gasteiger partial charge in [-0.25, -0.2) is 0 Å². The van der Waals surface area contributed by atoms with Crippen LogP contribution in [-0.2, 0) is 0 Å². The molecule has 0 aliphatic heterocycles. The highest BCUT2D eigenvalue weighted by Crippen LogP contribution is 2.41. The largest absolute Gasteiger partial charge is 0.310 e. The second-order valence-electron chi connectivity index (χ2n) is 17.0. The smallest absolute Gasteiger partial charge is 0.0467 e. The first kappa shape index (κ1) is 39.3. The van der Waals surface area contributed by atoms with Gasteiger partial charge in [-0.2, -0.15) is 0 Å². The lowest BCUT2D eigenvalue weighted by Crippen LogP contribution is -2.10. The molecule has 0 unspecified atom stereocenters. The van der Waals surface area contributed by atoms with Gasteiger partial charge in [0.2, 0.25) is 0 Å². The fourth-order valence-electron chi connectivity index (χ4n) is 9.39. The lowest BCUT2D eigenvalue weighted by molar-refractivity contribution is 1.28. The summed E-state index contributed by atoms with van der Waals surface area (Å²) in [6.45, 7) is 0. The molecule has 0 saturated heterocycles. The van der Waals surface area contributed by atoms with Gasteiger partial charge in [-0.3, -0.25) is 0 Å². The van der Waals surface area contributed by atoms with Crippen molar-refractivity contribution in [1.82, 2.24) is 0 Å². The number of hydrogen-bond acceptors (Lipinski definition) is 2. The minimum absolute atomic E-state index is 1.09. The number of hydrogen-bond donors (Lipinski definition) is 0. The van der Waals surface area contributed by atoms with Crippen molar-refractivity contribution in [1.29, 1.82) is 0 Å². The Morgan fingerprint density at radius 2 is 0.621 bits per heavy atom. The molecule has 0 spiro atoms. The van der Waals surface area contributed by atoms with Crippen LogP contribution in [-0.4, -0.2) is 0 Å². The third kappa shape index (κ3) is 7.64. The van der Waals surface area contributed by atoms with Crippen LogP contribution < -0.4 is 4.90 Å². The standard InChI is InChI=1S/C64H43NS/c1-2-11-44(12-3-1)51-15-8-17-53(39-51)55-19-10-20-60(42-55)65(59-36-31-49(32-37-59)57-33-38-62-61-21-6-7-22-63(61)66-64(62)43-57)58-34-29-47(30-35-58)46-23-25-48(26-24-46)52-16-9-18-54(40-52)56-28-27-45-13-4-5-14-50(45)41-56/h1-43H. The first-order valence-electron chi connectivity index (χ1n) is 22.5. The SMILES string of the molecule is c1ccc(-c2cccc(-c3cccc(N(c4ccc(-c5ccc(-c6cccc(-c7ccc8ccccc8c7)c6)cc5)cc4)c4ccc(-c5ccc6c(c5)sc5ccccc56)cc4)c3)c2)cc1. The molecule has 12 aromatic rings. The van der Waals surface area contributed by atoms with Gasteiger partial charge in [-0.1, -0.05) is 194 Å². The summed E-state index contributed by atoms with van der Waals surface area (Å²) in [6.07, 6.45) is 0. The molecule has 0 aliphatic rings. The molecule has 2 heteroatoms. The predicted molar refractivity (Wildman–Crippen MR) is 284 cm³/mol. The zero-order valence-corrected chi connectivity index (χ0v) is 37.0. The highest BCUT2D eigenvalue weighted by molar-refractivity contribution is 7.25. The van der Waals surface area contributed by atoms with Gasteiger partial charge in [0.15, 0.2) is 0 Å². The average molecular weight is 858 g/mol. The fourth-order valence-corrected chi connectivity index (χ4v) is 10.5. The van der Waals surface area contributed by atoms with E-state index in [0.717, 1.165) is 17.1 Å². The average Bonchev–Trinajstić information content (AvgIpc) is 3.78. The Morgan fingerprint density at radius 3 is 1.27 bits per heavy atom. The van der Waals surface area contributed by atoms with Crippen molar-refractivity contribution in [3.8, 4) is 66.8 Å². The van der Waals surface area contributed by atoms with Crippen molar-refractivity contribution in [3.05, 3.63) is 261 Å². The van der Waals surface area contributed by atoms with Crippen molar-refractivity contribution >= 4 is 59.3 Å². The maximum atomic E-state index is 2.37. The Kier molecular flexibility index (Phi) is 10.1. The summed E-state index contributed by atoms with van der Waals surface area (Å²) in [6, 6.07) is 95.1. The number of anilines is 3. The Labute approximate surface area is 389 Å². The molecule has 0 radical (unpaired) electrons. The fraction of sp³-hybridized carbons (Fsp3) is 0. The molecule has 0 atom stereocenters. The van der Waals surface area contributed by atoms with E-state index in [9.17, 15) is 0 Å². The van der Waals surface area contributed by atoms with E-state index >= 15 is 0 Å². The number of thiophene rings is 1. The Bertz CT molecular complexity index is 3680. The van der Waals surface area contributed by atoms with Crippen LogP contribution in [0.15, 0.2) is 261 Å². The summed E-state index contributed by atoms with van der Waals surface area (Å²) in [5.74, 6) is 0. The lowest BCUT2D eigenvalue weighted by atomic mass is 9.96. The van der Waals surface area contributed by atoms with Gasteiger partial charge in [0.25, 0.3) is 0 Å². The predicted octanol–water partition coefficient (Wildman–Crippen LogP) is 18.7. The van der Waals surface area contributed by atoms with E-state index in [1.165, 1.54) is 97.7 Å². The number of nitrogens with zero attached hydrogens (tertiary/aromatic N) is 1. The van der Waals surface area contributed by atoms with Crippen molar-refractivity contribution in [2.45, 2.75) is 0 Å². The summed E-state index contributed by atoms with van der Waals surface area (Å²) in [4.78, 5) is 2.37. The first-order chi connectivity index (χ1) is 32.7. The Morgan fingerprint density at radius 1 is 0.212 bits per heavy atom. The zero-order valence-electron chi connectivity index (χ0n) is 36.2. The summed E-state index contributed by atoms with van der Waals surface area (Å²) in [5.41, 5.74) is 17.7. The van der Waals surface area contributed by atoms with Crippen molar-refractivity contribution < 1.29 is 0 Å². The van der Waals surface area contributed by atoms with Crippen LogP contribution in [0.3, 0.4) is 0 Å². The molecule has 0 aliphatic carbocycles. The van der Waals surface area contributed by atoms with Crippen molar-refractivity contribution in [2.24, 2.45) is 0 Å². The van der Waals surface area contributed by atoms with Gasteiger partial charge < -0.3 is 4.90 Å². The van der Waals surface area contributed by atoms with E-state index in [0.29, 0.717) is 0 Å². The second-order valence-corrected chi connectivity index (χ2v) is 18.0. The summed E-state index contributed by atoms with van der Waals surface area (Å²) in [5, 5.41) is 5.16. The third-order valence-electron chi connectivity index (χ3n) is 12.9. The van der Waals surface area contributed by atoms with Crippen LogP contribution >= 0.6 is 11.3 Å². The minimum Gasteiger partial charge on any atom is -0.310 e. The maximum absolute atomic E-state index is 2.37. The van der Waals surface area contributed by atoms with Crippen LogP contribution in [0.4, 0.5) is 17.1 Å². The van der Waals surface area contributed by atoms with Crippen molar-refractivity contribution in [3.63, 3.8) is 0 Å². The molecule has 66 heavy (non-hydrogen) atoms. The molecule has 310 valence electrons. The summed E-state index contributed by atoms with van der Waals surface area (Å²) >= 11 is 1.86. The third-order valence-corrected chi connectivity index (χ3v) is 14.0. The minimum atomic E-state index is 1.09. The van der Waals surface area contributed by atoms with Gasteiger partial charge in [0, 0.05) is 37.2 Å². The topological polar surface area (TPSA) is 3.24 Å². The van der Waals surface area contributed by atoms with Gasteiger partial charge in [-0.15, -0.1) is 11.3 Å². The Hall–Kier alpha value is -8.30. The van der Waals surface area contributed by atoms with Crippen LogP contribution in [0.1, 0.15) is 0 Å². The maximum Gasteiger partial charge on any atom is 0.0467 e. The molecule has 0 amide bonds. The quantitative estimate of drug-likeness (QED) is 0.140. The van der Waals surface area contributed by atoms with E-state index in [1.807, 2.05) is 11.3 Å². The van der Waals surface area contributed by atoms with Gasteiger partial charge in [0.1, 0.15) is 0 Å². The van der Waals surface area contributed by atoms with E-state index in [2.05, 4.69) is 266 Å². The molecule has 1 nitrogen and oxygen atoms in total. The molecule has 0 saturated carbocycles. The number of benzene rings is 11. The van der Waals surface area contributed by atoms with Crippen LogP contribution in [0, 0.1) is 0 Å². The van der Waals surface area contributed by atoms with Crippen LogP contribution in [0.25, 0.3) is 97.7 Å². The second kappa shape index (κ2) is 17.0. The van der Waals surface area contributed by atoms with Crippen LogP contribution in [0.2, 0.25) is 0 Å². The molecule has 0 bridgehead atoms. The summed E-state index contributed by atoms with van der Waals surface area (Å²) in [7, 11) is 0. The van der Waals surface area contributed by atoms with Crippen molar-refractivity contribution in [2.75, 3.05) is 4.90 Å². The molecule has 11 aromatic carbocycles. The zero-order chi connectivity index (χ0) is 43.8. The molecule has 0 N–H and O–H groups in total. The Balaban J connectivity index is 0.866. The summed E-state index contributed by atoms with van der Waals surface area (Å²) < 4.78 is 2.64. The van der Waals surface area contributed by atoms with E-state index in [4.69, 9.17) is 0 Å². The van der Waals surface area contributed by atoms with E-state index in [-0.39, 0.29) is 0 Å². The molecule has 0 fully saturated rings. The monoisotopic (exact) mass is 857 g/mol. The number of fused-ring (bicyclic) bond motifs is 4. The first-order valence-corrected chi connectivity index (χ1v) is 23.4. The van der Waals surface area contributed by atoms with Gasteiger partial charge in [-0.05, 0) is 144 Å². The molecular formula is C64H43NS. The molecular weight excluding hydrogens is 815 g/mol. The molecule has 1 heterocycles. The lowest BCUT2D eigenvalue weighted by Gasteiger charge is -2.26. The molecule has 12 rings (SSSR count). The van der Waals surface area contributed by atoms with Gasteiger partial charge in [0.05, 0.1) is 0 Å². The van der Waals surface area contributed by atoms with Crippen LogP contribution in [0.5, 0.6) is 0 Å². The number of rotatable bonds is 9. The van der Waals surface area contributed by atoms with E-state index < -0.39 is 0 Å². The molecule has 1 aromatic heterocycles. The van der Waals surface area contributed by atoms with E-state index in [1.54, 1.807) is 0 Å². The highest BCUT2D eigenvalue weighted by atomic mass is 32.1.